The number of carboxylic acid groups (broad SMARTS) is 1. The Morgan fingerprint density at radius 2 is 1.70 bits per heavy atom. The van der Waals surface area contributed by atoms with Crippen molar-refractivity contribution in [2.45, 2.75) is 25.2 Å². The van der Waals surface area contributed by atoms with E-state index in [9.17, 15) is 37.3 Å². The molecule has 3 aromatic carbocycles. The van der Waals surface area contributed by atoms with Crippen molar-refractivity contribution in [1.82, 2.24) is 0 Å². The SMILES string of the molecule is O=C(O)CCCc1c([N+](=O)[O-])ccc(NC(=O)C(F)(F)c2ccc(F)c3ccccc23)c1F. The van der Waals surface area contributed by atoms with Crippen molar-refractivity contribution in [3.8, 4) is 0 Å². The molecule has 0 radical (unpaired) electrons. The lowest BCUT2D eigenvalue weighted by atomic mass is 9.98. The van der Waals surface area contributed by atoms with E-state index in [1.807, 2.05) is 0 Å². The topological polar surface area (TPSA) is 110 Å². The molecule has 0 aliphatic rings. The summed E-state index contributed by atoms with van der Waals surface area (Å²) in [5, 5.41) is 21.3. The highest BCUT2D eigenvalue weighted by molar-refractivity contribution is 6.00. The molecule has 0 fully saturated rings. The lowest BCUT2D eigenvalue weighted by Gasteiger charge is -2.19. The van der Waals surface area contributed by atoms with E-state index in [1.54, 1.807) is 5.32 Å². The first kappa shape index (κ1) is 23.6. The van der Waals surface area contributed by atoms with Gasteiger partial charge in [-0.3, -0.25) is 19.7 Å². The number of carbonyl (C=O) groups excluding carboxylic acids is 1. The molecule has 0 spiro atoms. The number of carbonyl (C=O) groups is 2. The normalized spacial score (nSPS) is 11.4. The van der Waals surface area contributed by atoms with Crippen molar-refractivity contribution in [1.29, 1.82) is 0 Å². The zero-order valence-corrected chi connectivity index (χ0v) is 16.8. The Hall–Kier alpha value is -4.02. The van der Waals surface area contributed by atoms with Crippen molar-refractivity contribution in [3.63, 3.8) is 0 Å². The van der Waals surface area contributed by atoms with Crippen LogP contribution in [-0.2, 0) is 21.9 Å². The number of anilines is 1. The van der Waals surface area contributed by atoms with E-state index in [0.717, 1.165) is 24.3 Å². The molecule has 0 saturated heterocycles. The predicted octanol–water partition coefficient (Wildman–Crippen LogP) is 5.16. The largest absolute Gasteiger partial charge is 0.481 e. The minimum absolute atomic E-state index is 0.135. The van der Waals surface area contributed by atoms with Gasteiger partial charge in [0, 0.05) is 23.4 Å². The van der Waals surface area contributed by atoms with Gasteiger partial charge < -0.3 is 10.4 Å². The van der Waals surface area contributed by atoms with Gasteiger partial charge in [0.05, 0.1) is 16.2 Å². The van der Waals surface area contributed by atoms with Gasteiger partial charge in [0.2, 0.25) is 0 Å². The number of amides is 1. The van der Waals surface area contributed by atoms with Crippen molar-refractivity contribution >= 4 is 34.0 Å². The number of nitro groups is 1. The van der Waals surface area contributed by atoms with Gasteiger partial charge in [0.15, 0.2) is 5.82 Å². The van der Waals surface area contributed by atoms with Crippen LogP contribution in [0, 0.1) is 21.7 Å². The van der Waals surface area contributed by atoms with Crippen molar-refractivity contribution < 1.29 is 37.2 Å². The quantitative estimate of drug-likeness (QED) is 0.272. The van der Waals surface area contributed by atoms with Gasteiger partial charge in [-0.15, -0.1) is 0 Å². The number of rotatable bonds is 8. The number of nitrogens with zero attached hydrogens (tertiary/aromatic N) is 1. The fourth-order valence-corrected chi connectivity index (χ4v) is 3.39. The van der Waals surface area contributed by atoms with Crippen LogP contribution in [0.15, 0.2) is 48.5 Å². The maximum Gasteiger partial charge on any atom is 0.350 e. The molecule has 3 aromatic rings. The number of alkyl halides is 2. The second kappa shape index (κ2) is 9.23. The standard InChI is InChI=1S/C22H16F4N2O5/c23-16-9-8-15(12-4-1-2-5-13(12)16)22(25,26)21(31)27-17-10-11-18(28(32)33)14(20(17)24)6-3-7-19(29)30/h1-2,4-5,8-11H,3,6-7H2,(H,27,31)(H,29,30). The van der Waals surface area contributed by atoms with Gasteiger partial charge in [-0.2, -0.15) is 8.78 Å². The third kappa shape index (κ3) is 4.76. The van der Waals surface area contributed by atoms with Crippen LogP contribution in [0.5, 0.6) is 0 Å². The summed E-state index contributed by atoms with van der Waals surface area (Å²) in [6, 6.07) is 8.44. The third-order valence-electron chi connectivity index (χ3n) is 4.98. The summed E-state index contributed by atoms with van der Waals surface area (Å²) >= 11 is 0. The molecule has 3 rings (SSSR count). The molecule has 0 saturated carbocycles. The van der Waals surface area contributed by atoms with Gasteiger partial charge in [-0.1, -0.05) is 24.3 Å². The number of halogens is 4. The molecular weight excluding hydrogens is 448 g/mol. The number of hydrogen-bond acceptors (Lipinski definition) is 4. The molecule has 33 heavy (non-hydrogen) atoms. The maximum absolute atomic E-state index is 15.0. The highest BCUT2D eigenvalue weighted by Gasteiger charge is 2.43. The molecule has 11 heteroatoms. The first-order valence-corrected chi connectivity index (χ1v) is 9.58. The van der Waals surface area contributed by atoms with E-state index in [0.29, 0.717) is 0 Å². The summed E-state index contributed by atoms with van der Waals surface area (Å²) in [7, 11) is 0. The van der Waals surface area contributed by atoms with Crippen LogP contribution < -0.4 is 5.32 Å². The maximum atomic E-state index is 15.0. The molecule has 0 heterocycles. The first-order valence-electron chi connectivity index (χ1n) is 9.58. The van der Waals surface area contributed by atoms with Crippen LogP contribution in [-0.4, -0.2) is 21.9 Å². The second-order valence-electron chi connectivity index (χ2n) is 7.10. The Morgan fingerprint density at radius 3 is 2.33 bits per heavy atom. The van der Waals surface area contributed by atoms with Crippen molar-refractivity contribution in [3.05, 3.63) is 81.4 Å². The molecule has 0 aliphatic heterocycles. The van der Waals surface area contributed by atoms with E-state index in [-0.39, 0.29) is 23.6 Å². The summed E-state index contributed by atoms with van der Waals surface area (Å²) in [5.74, 6) is -9.41. The van der Waals surface area contributed by atoms with Crippen LogP contribution in [0.1, 0.15) is 24.0 Å². The summed E-state index contributed by atoms with van der Waals surface area (Å²) in [4.78, 5) is 33.4. The third-order valence-corrected chi connectivity index (χ3v) is 4.98. The lowest BCUT2D eigenvalue weighted by molar-refractivity contribution is -0.385. The fourth-order valence-electron chi connectivity index (χ4n) is 3.39. The van der Waals surface area contributed by atoms with Gasteiger partial charge in [0.1, 0.15) is 5.82 Å². The molecular formula is C22H16F4N2O5. The van der Waals surface area contributed by atoms with Crippen molar-refractivity contribution in [2.75, 3.05) is 5.32 Å². The number of hydrogen-bond donors (Lipinski definition) is 2. The number of fused-ring (bicyclic) bond motifs is 1. The van der Waals surface area contributed by atoms with Crippen molar-refractivity contribution in [2.24, 2.45) is 0 Å². The average molecular weight is 464 g/mol. The fraction of sp³-hybridized carbons (Fsp3) is 0.182. The molecule has 0 atom stereocenters. The van der Waals surface area contributed by atoms with Gasteiger partial charge in [0.25, 0.3) is 11.6 Å². The molecule has 0 bridgehead atoms. The zero-order chi connectivity index (χ0) is 24.3. The minimum Gasteiger partial charge on any atom is -0.481 e. The van der Waals surface area contributed by atoms with E-state index in [4.69, 9.17) is 5.11 Å². The summed E-state index contributed by atoms with van der Waals surface area (Å²) in [6.45, 7) is 0. The highest BCUT2D eigenvalue weighted by atomic mass is 19.3. The monoisotopic (exact) mass is 464 g/mol. The number of aliphatic carboxylic acids is 1. The molecule has 7 nitrogen and oxygen atoms in total. The Bertz CT molecular complexity index is 1260. The van der Waals surface area contributed by atoms with E-state index >= 15 is 0 Å². The first-order chi connectivity index (χ1) is 15.5. The van der Waals surface area contributed by atoms with Crippen LogP contribution in [0.3, 0.4) is 0 Å². The molecule has 0 aromatic heterocycles. The average Bonchev–Trinajstić information content (AvgIpc) is 2.76. The van der Waals surface area contributed by atoms with E-state index in [2.05, 4.69) is 0 Å². The zero-order valence-electron chi connectivity index (χ0n) is 16.8. The van der Waals surface area contributed by atoms with E-state index in [1.165, 1.54) is 24.3 Å². The highest BCUT2D eigenvalue weighted by Crippen LogP contribution is 2.37. The predicted molar refractivity (Wildman–Crippen MR) is 110 cm³/mol. The molecule has 0 unspecified atom stereocenters. The van der Waals surface area contributed by atoms with Crippen LogP contribution in [0.25, 0.3) is 10.8 Å². The van der Waals surface area contributed by atoms with E-state index < -0.39 is 63.3 Å². The Labute approximate surface area is 183 Å². The van der Waals surface area contributed by atoms with Gasteiger partial charge >= 0.3 is 11.9 Å². The molecule has 0 aliphatic carbocycles. The van der Waals surface area contributed by atoms with Gasteiger partial charge in [-0.25, -0.2) is 8.78 Å². The molecule has 172 valence electrons. The summed E-state index contributed by atoms with van der Waals surface area (Å²) < 4.78 is 58.9. The van der Waals surface area contributed by atoms with Crippen LogP contribution >= 0.6 is 0 Å². The molecule has 1 amide bonds. The molecule has 2 N–H and O–H groups in total. The summed E-state index contributed by atoms with van der Waals surface area (Å²) in [6.07, 6.45) is -0.914. The minimum atomic E-state index is -4.20. The second-order valence-corrected chi connectivity index (χ2v) is 7.10. The lowest BCUT2D eigenvalue weighted by Crippen LogP contribution is -2.33. The number of benzene rings is 3. The number of nitrogens with one attached hydrogen (secondary N) is 1. The van der Waals surface area contributed by atoms with Crippen LogP contribution in [0.4, 0.5) is 28.9 Å². The van der Waals surface area contributed by atoms with Gasteiger partial charge in [-0.05, 0) is 36.4 Å². The Balaban J connectivity index is 1.96. The number of carboxylic acids is 1. The Kier molecular flexibility index (Phi) is 6.61. The van der Waals surface area contributed by atoms with Crippen LogP contribution in [0.2, 0.25) is 0 Å². The number of nitro benzene ring substituents is 1. The smallest absolute Gasteiger partial charge is 0.350 e. The Morgan fingerprint density at radius 1 is 1.03 bits per heavy atom. The summed E-state index contributed by atoms with van der Waals surface area (Å²) in [5.41, 5.74) is -2.73.